The molecule has 0 aromatic heterocycles. The van der Waals surface area contributed by atoms with E-state index in [0.717, 1.165) is 12.1 Å². The predicted molar refractivity (Wildman–Crippen MR) is 108 cm³/mol. The summed E-state index contributed by atoms with van der Waals surface area (Å²) in [4.78, 5) is 20.1. The number of alkyl halides is 2. The highest BCUT2D eigenvalue weighted by atomic mass is 79.9. The van der Waals surface area contributed by atoms with Gasteiger partial charge in [-0.15, -0.1) is 0 Å². The van der Waals surface area contributed by atoms with Crippen molar-refractivity contribution in [2.75, 3.05) is 29.8 Å². The van der Waals surface area contributed by atoms with Crippen LogP contribution in [-0.2, 0) is 4.74 Å². The highest BCUT2D eigenvalue weighted by Gasteiger charge is 2.40. The highest BCUT2D eigenvalue weighted by molar-refractivity contribution is 9.10. The molecule has 0 amide bonds. The van der Waals surface area contributed by atoms with Gasteiger partial charge < -0.3 is 9.64 Å². The number of anilines is 2. The normalized spacial score (nSPS) is 15.0. The summed E-state index contributed by atoms with van der Waals surface area (Å²) in [5, 5.41) is 9.90. The van der Waals surface area contributed by atoms with Gasteiger partial charge in [-0.1, -0.05) is 11.6 Å². The van der Waals surface area contributed by atoms with Crippen LogP contribution in [0.25, 0.3) is 0 Å². The summed E-state index contributed by atoms with van der Waals surface area (Å²) in [5.41, 5.74) is 0.229. The lowest BCUT2D eigenvalue weighted by molar-refractivity contribution is 0.103. The molecule has 0 fully saturated rings. The number of rotatable bonds is 4. The van der Waals surface area contributed by atoms with Crippen LogP contribution in [0.4, 0.5) is 24.5 Å². The van der Waals surface area contributed by atoms with Gasteiger partial charge in [-0.3, -0.25) is 9.69 Å². The van der Waals surface area contributed by atoms with Gasteiger partial charge >= 0.3 is 0 Å². The molecule has 2 aromatic rings. The van der Waals surface area contributed by atoms with Gasteiger partial charge in [0.1, 0.15) is 25.3 Å². The van der Waals surface area contributed by atoms with Gasteiger partial charge in [-0.2, -0.15) is 5.26 Å². The van der Waals surface area contributed by atoms with Crippen molar-refractivity contribution in [1.82, 2.24) is 0 Å². The Bertz CT molecular complexity index is 1140. The molecule has 30 heavy (non-hydrogen) atoms. The summed E-state index contributed by atoms with van der Waals surface area (Å²) < 4.78 is 45.6. The van der Waals surface area contributed by atoms with Gasteiger partial charge in [0, 0.05) is 10.0 Å². The van der Waals surface area contributed by atoms with Crippen LogP contribution in [-0.4, -0.2) is 38.2 Å². The molecule has 4 rings (SSSR count). The summed E-state index contributed by atoms with van der Waals surface area (Å²) in [6, 6.07) is 6.76. The first-order valence-corrected chi connectivity index (χ1v) is 9.72. The van der Waals surface area contributed by atoms with E-state index in [0.29, 0.717) is 0 Å². The predicted octanol–water partition coefficient (Wildman–Crippen LogP) is 4.54. The maximum absolute atomic E-state index is 13.7. The molecule has 0 unspecified atom stereocenters. The Hall–Kier alpha value is -2.61. The monoisotopic (exact) mass is 498 g/mol. The molecule has 0 bridgehead atoms. The Morgan fingerprint density at radius 2 is 2.17 bits per heavy atom. The average Bonchev–Trinajstić information content (AvgIpc) is 3.01. The SMILES string of the molecule is N#Cc1c(C(=O)c2cc(F)ccc2Cl)c(Br)cc2c1N1COCN=C1N2CC(F)F. The van der Waals surface area contributed by atoms with Crippen molar-refractivity contribution in [2.45, 2.75) is 6.43 Å². The van der Waals surface area contributed by atoms with E-state index < -0.39 is 24.6 Å². The summed E-state index contributed by atoms with van der Waals surface area (Å²) in [7, 11) is 0. The second-order valence-electron chi connectivity index (χ2n) is 6.39. The van der Waals surface area contributed by atoms with Crippen LogP contribution in [0.5, 0.6) is 0 Å². The number of carbonyl (C=O) groups excluding carboxylic acids is 1. The van der Waals surface area contributed by atoms with Crippen LogP contribution >= 0.6 is 27.5 Å². The molecule has 2 aliphatic rings. The molecule has 0 radical (unpaired) electrons. The number of benzene rings is 2. The fourth-order valence-corrected chi connectivity index (χ4v) is 4.24. The van der Waals surface area contributed by atoms with Crippen LogP contribution in [0.1, 0.15) is 21.5 Å². The van der Waals surface area contributed by atoms with Crippen molar-refractivity contribution in [2.24, 2.45) is 4.99 Å². The molecule has 2 aliphatic heterocycles. The van der Waals surface area contributed by atoms with Crippen LogP contribution in [0, 0.1) is 17.1 Å². The summed E-state index contributed by atoms with van der Waals surface area (Å²) in [6.45, 7) is -0.702. The third-order valence-corrected chi connectivity index (χ3v) is 5.58. The lowest BCUT2D eigenvalue weighted by Crippen LogP contribution is -2.44. The zero-order valence-electron chi connectivity index (χ0n) is 15.0. The van der Waals surface area contributed by atoms with Gasteiger partial charge in [0.25, 0.3) is 6.43 Å². The van der Waals surface area contributed by atoms with E-state index in [-0.39, 0.29) is 57.0 Å². The second kappa shape index (κ2) is 7.91. The number of carbonyl (C=O) groups is 1. The first-order valence-electron chi connectivity index (χ1n) is 8.55. The Balaban J connectivity index is 1.94. The lowest BCUT2D eigenvalue weighted by Gasteiger charge is -2.26. The number of aliphatic imine (C=N–C) groups is 1. The number of halogens is 5. The minimum Gasteiger partial charge on any atom is -0.338 e. The fourth-order valence-electron chi connectivity index (χ4n) is 3.44. The number of hydrogen-bond acceptors (Lipinski definition) is 6. The van der Waals surface area contributed by atoms with E-state index in [4.69, 9.17) is 16.3 Å². The maximum Gasteiger partial charge on any atom is 0.256 e. The molecule has 6 nitrogen and oxygen atoms in total. The van der Waals surface area contributed by atoms with E-state index in [1.807, 2.05) is 6.07 Å². The number of hydrogen-bond donors (Lipinski definition) is 0. The van der Waals surface area contributed by atoms with E-state index in [9.17, 15) is 23.2 Å². The van der Waals surface area contributed by atoms with Gasteiger partial charge in [0.05, 0.1) is 34.1 Å². The molecule has 154 valence electrons. The average molecular weight is 500 g/mol. The summed E-state index contributed by atoms with van der Waals surface area (Å²) >= 11 is 9.33. The standard InChI is InChI=1S/C19H11BrClF3N4O2/c20-12-4-14-17(28-8-30-7-26-19(28)27(14)6-15(23)24)11(5-25)16(12)18(29)10-3-9(22)1-2-13(10)21/h1-4,15H,6-8H2. The van der Waals surface area contributed by atoms with Crippen LogP contribution in [0.2, 0.25) is 5.02 Å². The molecule has 2 aromatic carbocycles. The Morgan fingerprint density at radius 3 is 2.87 bits per heavy atom. The maximum atomic E-state index is 13.7. The molecular weight excluding hydrogens is 489 g/mol. The number of nitriles is 1. The first kappa shape index (κ1) is 20.7. The van der Waals surface area contributed by atoms with Gasteiger partial charge in [-0.05, 0) is 40.2 Å². The zero-order valence-corrected chi connectivity index (χ0v) is 17.3. The first-order chi connectivity index (χ1) is 14.3. The molecule has 0 N–H and O–H groups in total. The minimum absolute atomic E-state index is 0.0144. The molecule has 0 aliphatic carbocycles. The van der Waals surface area contributed by atoms with Crippen molar-refractivity contribution in [1.29, 1.82) is 5.26 Å². The quantitative estimate of drug-likeness (QED) is 0.578. The minimum atomic E-state index is -2.67. The van der Waals surface area contributed by atoms with Crippen molar-refractivity contribution >= 4 is 50.6 Å². The number of ketones is 1. The lowest BCUT2D eigenvalue weighted by atomic mass is 9.96. The van der Waals surface area contributed by atoms with Crippen molar-refractivity contribution < 1.29 is 22.7 Å². The van der Waals surface area contributed by atoms with Gasteiger partial charge in [0.15, 0.2) is 5.78 Å². The Morgan fingerprint density at radius 1 is 1.40 bits per heavy atom. The van der Waals surface area contributed by atoms with Gasteiger partial charge in [-0.25, -0.2) is 18.2 Å². The third-order valence-electron chi connectivity index (χ3n) is 4.63. The molecule has 2 heterocycles. The van der Waals surface area contributed by atoms with Crippen molar-refractivity contribution in [3.05, 3.63) is 56.3 Å². The van der Waals surface area contributed by atoms with E-state index in [1.54, 1.807) is 0 Å². The van der Waals surface area contributed by atoms with Gasteiger partial charge in [0.2, 0.25) is 5.96 Å². The number of ether oxygens (including phenoxy) is 1. The second-order valence-corrected chi connectivity index (χ2v) is 7.65. The van der Waals surface area contributed by atoms with Crippen molar-refractivity contribution in [3.8, 4) is 6.07 Å². The largest absolute Gasteiger partial charge is 0.338 e. The fraction of sp³-hybridized carbons (Fsp3) is 0.211. The van der Waals surface area contributed by atoms with E-state index in [2.05, 4.69) is 20.9 Å². The van der Waals surface area contributed by atoms with Crippen LogP contribution in [0.3, 0.4) is 0 Å². The highest BCUT2D eigenvalue weighted by Crippen LogP contribution is 2.45. The molecule has 0 spiro atoms. The Kier molecular flexibility index (Phi) is 5.44. The summed E-state index contributed by atoms with van der Waals surface area (Å²) in [6.07, 6.45) is -2.67. The topological polar surface area (TPSA) is 68.9 Å². The molecule has 0 atom stereocenters. The van der Waals surface area contributed by atoms with Crippen molar-refractivity contribution in [3.63, 3.8) is 0 Å². The third kappa shape index (κ3) is 3.33. The number of guanidine groups is 1. The Labute approximate surface area is 182 Å². The zero-order chi connectivity index (χ0) is 21.6. The number of fused-ring (bicyclic) bond motifs is 3. The molecule has 0 saturated carbocycles. The number of nitrogens with zero attached hydrogens (tertiary/aromatic N) is 4. The molecular formula is C19H11BrClF3N4O2. The van der Waals surface area contributed by atoms with Crippen LogP contribution in [0.15, 0.2) is 33.7 Å². The molecule has 0 saturated heterocycles. The van der Waals surface area contributed by atoms with Crippen LogP contribution < -0.4 is 9.80 Å². The smallest absolute Gasteiger partial charge is 0.256 e. The summed E-state index contributed by atoms with van der Waals surface area (Å²) in [5.74, 6) is -1.15. The molecule has 11 heteroatoms. The van der Waals surface area contributed by atoms with E-state index in [1.165, 1.54) is 21.9 Å². The van der Waals surface area contributed by atoms with E-state index >= 15 is 0 Å².